The van der Waals surface area contributed by atoms with Gasteiger partial charge in [0.15, 0.2) is 5.78 Å². The van der Waals surface area contributed by atoms with Gasteiger partial charge in [0.2, 0.25) is 0 Å². The Hall–Kier alpha value is -1.42. The number of anilines is 1. The maximum absolute atomic E-state index is 14.1. The summed E-state index contributed by atoms with van der Waals surface area (Å²) in [6.07, 6.45) is 2.87. The van der Waals surface area contributed by atoms with Crippen LogP contribution in [0.3, 0.4) is 0 Å². The topological polar surface area (TPSA) is 40.5 Å². The van der Waals surface area contributed by atoms with Crippen molar-refractivity contribution in [3.05, 3.63) is 29.6 Å². The van der Waals surface area contributed by atoms with Crippen LogP contribution in [0.25, 0.3) is 0 Å². The number of aliphatic hydroxyl groups is 1. The second-order valence-corrected chi connectivity index (χ2v) is 5.19. The van der Waals surface area contributed by atoms with Gasteiger partial charge in [0.1, 0.15) is 5.82 Å². The summed E-state index contributed by atoms with van der Waals surface area (Å²) in [7, 11) is 0. The van der Waals surface area contributed by atoms with E-state index in [2.05, 4.69) is 0 Å². The van der Waals surface area contributed by atoms with Gasteiger partial charge in [0.05, 0.1) is 5.69 Å². The zero-order valence-electron chi connectivity index (χ0n) is 11.2. The molecule has 3 nitrogen and oxygen atoms in total. The Bertz CT molecular complexity index is 459. The summed E-state index contributed by atoms with van der Waals surface area (Å²) in [4.78, 5) is 13.2. The van der Waals surface area contributed by atoms with Gasteiger partial charge in [0, 0.05) is 25.3 Å². The SMILES string of the molecule is CC(=O)c1ccc(N2CCCC(CCO)C2)c(F)c1. The summed E-state index contributed by atoms with van der Waals surface area (Å²) < 4.78 is 14.1. The first-order valence-corrected chi connectivity index (χ1v) is 6.78. The molecule has 0 aliphatic carbocycles. The Morgan fingerprint density at radius 1 is 1.53 bits per heavy atom. The predicted octanol–water partition coefficient (Wildman–Crippen LogP) is 2.63. The van der Waals surface area contributed by atoms with Crippen molar-refractivity contribution >= 4 is 11.5 Å². The van der Waals surface area contributed by atoms with Crippen molar-refractivity contribution in [3.63, 3.8) is 0 Å². The van der Waals surface area contributed by atoms with Crippen molar-refractivity contribution in [1.29, 1.82) is 0 Å². The van der Waals surface area contributed by atoms with Crippen LogP contribution in [0.15, 0.2) is 18.2 Å². The molecule has 1 aromatic carbocycles. The van der Waals surface area contributed by atoms with E-state index >= 15 is 0 Å². The third-order valence-electron chi connectivity index (χ3n) is 3.75. The molecule has 4 heteroatoms. The molecule has 1 aromatic rings. The molecule has 1 saturated heterocycles. The predicted molar refractivity (Wildman–Crippen MR) is 73.0 cm³/mol. The van der Waals surface area contributed by atoms with Crippen LogP contribution in [0.1, 0.15) is 36.5 Å². The fourth-order valence-corrected chi connectivity index (χ4v) is 2.68. The monoisotopic (exact) mass is 265 g/mol. The van der Waals surface area contributed by atoms with E-state index in [1.54, 1.807) is 12.1 Å². The first-order chi connectivity index (χ1) is 9.11. The Labute approximate surface area is 113 Å². The van der Waals surface area contributed by atoms with E-state index in [1.807, 2.05) is 4.90 Å². The van der Waals surface area contributed by atoms with Gasteiger partial charge in [-0.3, -0.25) is 4.79 Å². The minimum Gasteiger partial charge on any atom is -0.396 e. The first kappa shape index (κ1) is 14.0. The molecule has 0 radical (unpaired) electrons. The molecule has 104 valence electrons. The molecule has 1 N–H and O–H groups in total. The number of aliphatic hydroxyl groups excluding tert-OH is 1. The van der Waals surface area contributed by atoms with Crippen LogP contribution < -0.4 is 4.90 Å². The zero-order valence-corrected chi connectivity index (χ0v) is 11.2. The number of piperidine rings is 1. The van der Waals surface area contributed by atoms with Crippen molar-refractivity contribution in [1.82, 2.24) is 0 Å². The van der Waals surface area contributed by atoms with Crippen LogP contribution in [0.2, 0.25) is 0 Å². The second kappa shape index (κ2) is 6.15. The quantitative estimate of drug-likeness (QED) is 0.851. The van der Waals surface area contributed by atoms with E-state index in [1.165, 1.54) is 13.0 Å². The maximum Gasteiger partial charge on any atom is 0.159 e. The normalized spacial score (nSPS) is 19.5. The van der Waals surface area contributed by atoms with E-state index < -0.39 is 0 Å². The van der Waals surface area contributed by atoms with Crippen LogP contribution in [0, 0.1) is 11.7 Å². The number of benzene rings is 1. The van der Waals surface area contributed by atoms with Crippen molar-refractivity contribution < 1.29 is 14.3 Å². The lowest BCUT2D eigenvalue weighted by molar-refractivity contribution is 0.101. The summed E-state index contributed by atoms with van der Waals surface area (Å²) in [5.74, 6) is -0.0368. The van der Waals surface area contributed by atoms with E-state index in [0.29, 0.717) is 17.2 Å². The lowest BCUT2D eigenvalue weighted by Gasteiger charge is -2.34. The number of hydrogen-bond donors (Lipinski definition) is 1. The molecule has 1 unspecified atom stereocenters. The van der Waals surface area contributed by atoms with Gasteiger partial charge in [-0.05, 0) is 50.3 Å². The van der Waals surface area contributed by atoms with Crippen molar-refractivity contribution in [3.8, 4) is 0 Å². The highest BCUT2D eigenvalue weighted by Crippen LogP contribution is 2.27. The molecule has 0 bridgehead atoms. The smallest absolute Gasteiger partial charge is 0.159 e. The highest BCUT2D eigenvalue weighted by molar-refractivity contribution is 5.94. The third kappa shape index (κ3) is 3.32. The Morgan fingerprint density at radius 2 is 2.32 bits per heavy atom. The molecular formula is C15H20FNO2. The number of rotatable bonds is 4. The number of Topliss-reactive ketones (excluding diaryl/α,β-unsaturated/α-hetero) is 1. The maximum atomic E-state index is 14.1. The van der Waals surface area contributed by atoms with Crippen LogP contribution in [-0.2, 0) is 0 Å². The molecule has 1 fully saturated rings. The summed E-state index contributed by atoms with van der Waals surface area (Å²) in [5, 5.41) is 9.00. The standard InChI is InChI=1S/C15H20FNO2/c1-11(19)13-4-5-15(14(16)9-13)17-7-2-3-12(10-17)6-8-18/h4-5,9,12,18H,2-3,6-8,10H2,1H3. The zero-order chi connectivity index (χ0) is 13.8. The van der Waals surface area contributed by atoms with E-state index in [4.69, 9.17) is 5.11 Å². The summed E-state index contributed by atoms with van der Waals surface area (Å²) in [6, 6.07) is 4.68. The molecular weight excluding hydrogens is 245 g/mol. The molecule has 1 aliphatic rings. The van der Waals surface area contributed by atoms with Crippen molar-refractivity contribution in [2.75, 3.05) is 24.6 Å². The lowest BCUT2D eigenvalue weighted by atomic mass is 9.94. The van der Waals surface area contributed by atoms with Crippen LogP contribution in [0.4, 0.5) is 10.1 Å². The molecule has 0 spiro atoms. The molecule has 19 heavy (non-hydrogen) atoms. The van der Waals surface area contributed by atoms with Gasteiger partial charge in [-0.15, -0.1) is 0 Å². The second-order valence-electron chi connectivity index (χ2n) is 5.19. The van der Waals surface area contributed by atoms with Crippen molar-refractivity contribution in [2.24, 2.45) is 5.92 Å². The fourth-order valence-electron chi connectivity index (χ4n) is 2.68. The van der Waals surface area contributed by atoms with Crippen molar-refractivity contribution in [2.45, 2.75) is 26.2 Å². The van der Waals surface area contributed by atoms with Gasteiger partial charge in [-0.25, -0.2) is 4.39 Å². The number of nitrogens with zero attached hydrogens (tertiary/aromatic N) is 1. The van der Waals surface area contributed by atoms with Gasteiger partial charge >= 0.3 is 0 Å². The highest BCUT2D eigenvalue weighted by atomic mass is 19.1. The first-order valence-electron chi connectivity index (χ1n) is 6.78. The summed E-state index contributed by atoms with van der Waals surface area (Å²) in [6.45, 7) is 3.23. The van der Waals surface area contributed by atoms with Crippen LogP contribution >= 0.6 is 0 Å². The molecule has 0 saturated carbocycles. The lowest BCUT2D eigenvalue weighted by Crippen LogP contribution is -2.36. The number of carbonyl (C=O) groups excluding carboxylic acids is 1. The van der Waals surface area contributed by atoms with Gasteiger partial charge in [-0.2, -0.15) is 0 Å². The Balaban J connectivity index is 2.15. The molecule has 0 amide bonds. The summed E-state index contributed by atoms with van der Waals surface area (Å²) >= 11 is 0. The third-order valence-corrected chi connectivity index (χ3v) is 3.75. The molecule has 2 rings (SSSR count). The molecule has 1 heterocycles. The molecule has 1 aliphatic heterocycles. The van der Waals surface area contributed by atoms with E-state index in [-0.39, 0.29) is 18.2 Å². The average molecular weight is 265 g/mol. The average Bonchev–Trinajstić information content (AvgIpc) is 2.39. The number of hydrogen-bond acceptors (Lipinski definition) is 3. The van der Waals surface area contributed by atoms with Crippen LogP contribution in [-0.4, -0.2) is 30.6 Å². The van der Waals surface area contributed by atoms with E-state index in [9.17, 15) is 9.18 Å². The number of carbonyl (C=O) groups is 1. The summed E-state index contributed by atoms with van der Waals surface area (Å²) in [5.41, 5.74) is 0.970. The van der Waals surface area contributed by atoms with Gasteiger partial charge in [0.25, 0.3) is 0 Å². The Morgan fingerprint density at radius 3 is 2.95 bits per heavy atom. The fraction of sp³-hybridized carbons (Fsp3) is 0.533. The highest BCUT2D eigenvalue weighted by Gasteiger charge is 2.22. The van der Waals surface area contributed by atoms with Gasteiger partial charge < -0.3 is 10.0 Å². The minimum atomic E-state index is -0.336. The largest absolute Gasteiger partial charge is 0.396 e. The molecule has 0 aromatic heterocycles. The van der Waals surface area contributed by atoms with E-state index in [0.717, 1.165) is 32.4 Å². The van der Waals surface area contributed by atoms with Crippen LogP contribution in [0.5, 0.6) is 0 Å². The minimum absolute atomic E-state index is 0.123. The molecule has 1 atom stereocenters. The van der Waals surface area contributed by atoms with Gasteiger partial charge in [-0.1, -0.05) is 0 Å². The number of ketones is 1. The Kier molecular flexibility index (Phi) is 4.53. The number of halogens is 1.